The molecule has 190 valence electrons. The van der Waals surface area contributed by atoms with Crippen molar-refractivity contribution >= 4 is 17.5 Å². The van der Waals surface area contributed by atoms with Crippen molar-refractivity contribution in [3.63, 3.8) is 0 Å². The van der Waals surface area contributed by atoms with Crippen molar-refractivity contribution < 1.29 is 34.4 Å². The number of hydrogen-bond acceptors (Lipinski definition) is 7. The molecule has 4 fully saturated rings. The number of Topliss-reactive ketones (excluding diaryl/α,β-unsaturated/α-hetero) is 1. The highest BCUT2D eigenvalue weighted by Gasteiger charge is 2.83. The minimum Gasteiger partial charge on any atom is -0.454 e. The fraction of sp³-hybridized carbons (Fsp3) is 0.750. The van der Waals surface area contributed by atoms with E-state index >= 15 is 0 Å². The third kappa shape index (κ3) is 2.17. The number of rotatable bonds is 0. The van der Waals surface area contributed by atoms with Crippen LogP contribution in [-0.2, 0) is 19.1 Å². The van der Waals surface area contributed by atoms with Crippen LogP contribution >= 0.6 is 0 Å². The van der Waals surface area contributed by atoms with Crippen molar-refractivity contribution in [2.75, 3.05) is 0 Å². The molecule has 7 nitrogen and oxygen atoms in total. The van der Waals surface area contributed by atoms with Gasteiger partial charge in [0.05, 0.1) is 23.0 Å². The van der Waals surface area contributed by atoms with Crippen molar-refractivity contribution in [1.29, 1.82) is 0 Å². The van der Waals surface area contributed by atoms with E-state index in [0.717, 1.165) is 0 Å². The fourth-order valence-corrected chi connectivity index (χ4v) is 10.1. The van der Waals surface area contributed by atoms with E-state index in [1.165, 1.54) is 6.08 Å². The number of ketones is 2. The number of carbonyl (C=O) groups is 3. The first-order valence-electron chi connectivity index (χ1n) is 13.0. The Kier molecular flexibility index (Phi) is 4.40. The molecule has 1 heterocycles. The Morgan fingerprint density at radius 2 is 1.74 bits per heavy atom. The van der Waals surface area contributed by atoms with Gasteiger partial charge in [0, 0.05) is 16.9 Å². The summed E-state index contributed by atoms with van der Waals surface area (Å²) in [5.74, 6) is -2.96. The molecule has 0 aromatic heterocycles. The van der Waals surface area contributed by atoms with Crippen LogP contribution in [0.15, 0.2) is 23.3 Å². The SMILES string of the molecule is CC1=C(C)[C@H]2C(=O)[C@@H](C)[C@]3(O)CCC4C5C[C@@H](O)[C@@]6(O)CC=CC(=O)[C@]6(C)C5CC2(OC1=O)[C@@]43C. The molecular weight excluding hydrogens is 448 g/mol. The van der Waals surface area contributed by atoms with Crippen molar-refractivity contribution in [1.82, 2.24) is 0 Å². The molecule has 7 heteroatoms. The number of esters is 1. The Balaban J connectivity index is 1.64. The van der Waals surface area contributed by atoms with E-state index in [1.807, 2.05) is 13.8 Å². The predicted octanol–water partition coefficient (Wildman–Crippen LogP) is 2.27. The molecule has 35 heavy (non-hydrogen) atoms. The predicted molar refractivity (Wildman–Crippen MR) is 125 cm³/mol. The lowest BCUT2D eigenvalue weighted by atomic mass is 9.35. The van der Waals surface area contributed by atoms with Crippen LogP contribution in [0.25, 0.3) is 0 Å². The summed E-state index contributed by atoms with van der Waals surface area (Å²) in [6.07, 6.45) is 3.68. The molecule has 0 amide bonds. The van der Waals surface area contributed by atoms with Gasteiger partial charge >= 0.3 is 5.97 Å². The van der Waals surface area contributed by atoms with E-state index in [9.17, 15) is 29.7 Å². The van der Waals surface area contributed by atoms with Gasteiger partial charge in [0.15, 0.2) is 5.78 Å². The molecule has 0 saturated heterocycles. The zero-order valence-electron chi connectivity index (χ0n) is 21.1. The van der Waals surface area contributed by atoms with E-state index in [1.54, 1.807) is 26.8 Å². The van der Waals surface area contributed by atoms with E-state index in [2.05, 4.69) is 0 Å². The number of aliphatic hydroxyl groups excluding tert-OH is 1. The first-order chi connectivity index (χ1) is 16.2. The number of ether oxygens (including phenoxy) is 1. The highest BCUT2D eigenvalue weighted by atomic mass is 16.6. The van der Waals surface area contributed by atoms with Crippen molar-refractivity contribution in [2.45, 2.75) is 89.6 Å². The van der Waals surface area contributed by atoms with Crippen LogP contribution in [0.4, 0.5) is 0 Å². The Bertz CT molecular complexity index is 1140. The lowest BCUT2D eigenvalue weighted by Gasteiger charge is -2.71. The summed E-state index contributed by atoms with van der Waals surface area (Å²) < 4.78 is 6.35. The molecule has 11 atom stereocenters. The quantitative estimate of drug-likeness (QED) is 0.451. The van der Waals surface area contributed by atoms with Crippen LogP contribution in [0.5, 0.6) is 0 Å². The summed E-state index contributed by atoms with van der Waals surface area (Å²) in [7, 11) is 0. The molecule has 0 radical (unpaired) electrons. The summed E-state index contributed by atoms with van der Waals surface area (Å²) >= 11 is 0. The lowest BCUT2D eigenvalue weighted by Crippen LogP contribution is -2.80. The van der Waals surface area contributed by atoms with Crippen LogP contribution in [0.2, 0.25) is 0 Å². The van der Waals surface area contributed by atoms with Crippen LogP contribution in [-0.4, -0.2) is 55.8 Å². The van der Waals surface area contributed by atoms with Gasteiger partial charge in [0.1, 0.15) is 17.0 Å². The smallest absolute Gasteiger partial charge is 0.334 e. The first-order valence-corrected chi connectivity index (χ1v) is 13.0. The maximum Gasteiger partial charge on any atom is 0.334 e. The topological polar surface area (TPSA) is 121 Å². The Morgan fingerprint density at radius 1 is 1.06 bits per heavy atom. The van der Waals surface area contributed by atoms with Gasteiger partial charge in [-0.3, -0.25) is 9.59 Å². The summed E-state index contributed by atoms with van der Waals surface area (Å²) in [5, 5.41) is 35.3. The second kappa shape index (κ2) is 6.53. The largest absolute Gasteiger partial charge is 0.454 e. The van der Waals surface area contributed by atoms with E-state index < -0.39 is 57.5 Å². The molecule has 3 N–H and O–H groups in total. The van der Waals surface area contributed by atoms with Crippen LogP contribution < -0.4 is 0 Å². The number of hydrogen-bond donors (Lipinski definition) is 3. The Morgan fingerprint density at radius 3 is 2.43 bits per heavy atom. The average molecular weight is 485 g/mol. The Hall–Kier alpha value is -1.83. The number of carbonyl (C=O) groups excluding carboxylic acids is 3. The molecule has 0 bridgehead atoms. The molecular formula is C28H36O7. The zero-order chi connectivity index (χ0) is 25.5. The van der Waals surface area contributed by atoms with Gasteiger partial charge in [-0.25, -0.2) is 4.79 Å². The molecule has 6 aliphatic rings. The molecule has 4 unspecified atom stereocenters. The summed E-state index contributed by atoms with van der Waals surface area (Å²) in [5.41, 5.74) is -5.45. The molecule has 4 saturated carbocycles. The van der Waals surface area contributed by atoms with Crippen LogP contribution in [0, 0.1) is 40.4 Å². The molecule has 5 aliphatic carbocycles. The first kappa shape index (κ1) is 23.6. The highest BCUT2D eigenvalue weighted by Crippen LogP contribution is 2.76. The van der Waals surface area contributed by atoms with Gasteiger partial charge < -0.3 is 20.1 Å². The summed E-state index contributed by atoms with van der Waals surface area (Å²) in [6, 6.07) is 0. The van der Waals surface area contributed by atoms with Gasteiger partial charge in [-0.05, 0) is 82.3 Å². The number of allylic oxidation sites excluding steroid dienone is 1. The molecule has 0 aromatic carbocycles. The minimum atomic E-state index is -1.64. The second-order valence-corrected chi connectivity index (χ2v) is 12.7. The van der Waals surface area contributed by atoms with Gasteiger partial charge in [-0.15, -0.1) is 0 Å². The molecule has 1 spiro atoms. The van der Waals surface area contributed by atoms with Gasteiger partial charge in [-0.1, -0.05) is 19.9 Å². The van der Waals surface area contributed by atoms with Crippen LogP contribution in [0.1, 0.15) is 66.7 Å². The zero-order valence-corrected chi connectivity index (χ0v) is 21.1. The van der Waals surface area contributed by atoms with Crippen molar-refractivity contribution in [2.24, 2.45) is 40.4 Å². The monoisotopic (exact) mass is 484 g/mol. The maximum absolute atomic E-state index is 14.0. The normalized spacial score (nSPS) is 56.7. The fourth-order valence-electron chi connectivity index (χ4n) is 10.1. The van der Waals surface area contributed by atoms with Gasteiger partial charge in [0.2, 0.25) is 0 Å². The third-order valence-corrected chi connectivity index (χ3v) is 12.3. The maximum atomic E-state index is 14.0. The number of aliphatic hydroxyl groups is 3. The molecule has 1 aliphatic heterocycles. The Labute approximate surface area is 205 Å². The van der Waals surface area contributed by atoms with Crippen molar-refractivity contribution in [3.8, 4) is 0 Å². The summed E-state index contributed by atoms with van der Waals surface area (Å²) in [6.45, 7) is 8.98. The van der Waals surface area contributed by atoms with Gasteiger partial charge in [-0.2, -0.15) is 0 Å². The van der Waals surface area contributed by atoms with Crippen molar-refractivity contribution in [3.05, 3.63) is 23.3 Å². The molecule has 6 rings (SSSR count). The molecule has 0 aromatic rings. The second-order valence-electron chi connectivity index (χ2n) is 12.7. The third-order valence-electron chi connectivity index (χ3n) is 12.3. The van der Waals surface area contributed by atoms with Gasteiger partial charge in [0.25, 0.3) is 0 Å². The highest BCUT2D eigenvalue weighted by molar-refractivity contribution is 5.99. The van der Waals surface area contributed by atoms with E-state index in [4.69, 9.17) is 4.74 Å². The minimum absolute atomic E-state index is 0.125. The van der Waals surface area contributed by atoms with E-state index in [0.29, 0.717) is 30.4 Å². The van der Waals surface area contributed by atoms with Crippen LogP contribution in [0.3, 0.4) is 0 Å². The number of fused-ring (bicyclic) bond motifs is 4. The lowest BCUT2D eigenvalue weighted by molar-refractivity contribution is -0.308. The standard InChI is InChI=1S/C28H36O7/c1-13-14(2)23(32)35-28-12-18-16(11-20(30)27(34)9-6-7-19(29)24(18,27)4)17-8-10-26(33,25(17,28)5)15(3)22(31)21(13)28/h6-7,15-18,20-21,30,33-34H,8-12H2,1-5H3/t15-,16?,17?,18?,20-,21+,24+,25+,26-,27+,28?/m1/s1. The summed E-state index contributed by atoms with van der Waals surface area (Å²) in [4.78, 5) is 40.7. The average Bonchev–Trinajstić information content (AvgIpc) is 3.09. The van der Waals surface area contributed by atoms with E-state index in [-0.39, 0.29) is 36.2 Å².